The monoisotopic (exact) mass is 454 g/mol. The second-order valence-corrected chi connectivity index (χ2v) is 8.27. The highest BCUT2D eigenvalue weighted by Crippen LogP contribution is 2.19. The van der Waals surface area contributed by atoms with Gasteiger partial charge in [-0.3, -0.25) is 9.59 Å². The van der Waals surface area contributed by atoms with Crippen LogP contribution < -0.4 is 10.9 Å². The SMILES string of the molecule is CCN(CC)CCCNC(=O)c1cnc2n(CCCN(CC)CC)c3ccccc3n2c1=O. The zero-order valence-electron chi connectivity index (χ0n) is 20.5. The van der Waals surface area contributed by atoms with Gasteiger partial charge in [-0.1, -0.05) is 39.8 Å². The Bertz CT molecular complexity index is 1110. The first-order valence-electron chi connectivity index (χ1n) is 12.3. The van der Waals surface area contributed by atoms with Gasteiger partial charge in [-0.05, 0) is 64.2 Å². The van der Waals surface area contributed by atoms with Gasteiger partial charge in [0.2, 0.25) is 5.78 Å². The summed E-state index contributed by atoms with van der Waals surface area (Å²) >= 11 is 0. The van der Waals surface area contributed by atoms with Gasteiger partial charge in [0.25, 0.3) is 11.5 Å². The molecule has 2 aromatic heterocycles. The average Bonchev–Trinajstić information content (AvgIpc) is 3.16. The molecule has 0 saturated carbocycles. The Morgan fingerprint density at radius 2 is 1.55 bits per heavy atom. The van der Waals surface area contributed by atoms with E-state index in [1.54, 1.807) is 4.40 Å². The largest absolute Gasteiger partial charge is 0.352 e. The molecular weight excluding hydrogens is 416 g/mol. The topological polar surface area (TPSA) is 74.9 Å². The van der Waals surface area contributed by atoms with Crippen molar-refractivity contribution in [3.05, 3.63) is 46.4 Å². The van der Waals surface area contributed by atoms with Gasteiger partial charge in [0.15, 0.2) is 0 Å². The minimum atomic E-state index is -0.361. The zero-order chi connectivity index (χ0) is 23.8. The van der Waals surface area contributed by atoms with E-state index >= 15 is 0 Å². The van der Waals surface area contributed by atoms with Crippen LogP contribution in [-0.4, -0.2) is 75.5 Å². The maximum absolute atomic E-state index is 13.3. The number of nitrogens with one attached hydrogen (secondary N) is 1. The Hall–Kier alpha value is -2.71. The van der Waals surface area contributed by atoms with E-state index in [4.69, 9.17) is 0 Å². The second kappa shape index (κ2) is 12.0. The molecule has 0 saturated heterocycles. The molecule has 1 amide bonds. The number of nitrogens with zero attached hydrogens (tertiary/aromatic N) is 5. The molecule has 180 valence electrons. The van der Waals surface area contributed by atoms with Crippen LogP contribution in [0.4, 0.5) is 0 Å². The van der Waals surface area contributed by atoms with E-state index < -0.39 is 0 Å². The van der Waals surface area contributed by atoms with Crippen molar-refractivity contribution in [1.82, 2.24) is 29.1 Å². The van der Waals surface area contributed by atoms with Crippen molar-refractivity contribution in [3.8, 4) is 0 Å². The van der Waals surface area contributed by atoms with Crippen LogP contribution in [0.25, 0.3) is 16.8 Å². The molecule has 0 bridgehead atoms. The number of hydrogen-bond donors (Lipinski definition) is 1. The van der Waals surface area contributed by atoms with Gasteiger partial charge in [0.05, 0.1) is 11.0 Å². The third-order valence-corrected chi connectivity index (χ3v) is 6.42. The van der Waals surface area contributed by atoms with Gasteiger partial charge in [0, 0.05) is 19.3 Å². The summed E-state index contributed by atoms with van der Waals surface area (Å²) in [4.78, 5) is 35.4. The molecule has 0 aliphatic heterocycles. The Morgan fingerprint density at radius 3 is 2.18 bits per heavy atom. The lowest BCUT2D eigenvalue weighted by molar-refractivity contribution is 0.0950. The number of fused-ring (bicyclic) bond motifs is 3. The van der Waals surface area contributed by atoms with Crippen LogP contribution in [0, 0.1) is 0 Å². The summed E-state index contributed by atoms with van der Waals surface area (Å²) in [5, 5.41) is 2.89. The summed E-state index contributed by atoms with van der Waals surface area (Å²) < 4.78 is 3.67. The van der Waals surface area contributed by atoms with Crippen LogP contribution in [0.15, 0.2) is 35.3 Å². The molecular formula is C25H38N6O2. The number of rotatable bonds is 13. The normalized spacial score (nSPS) is 11.8. The van der Waals surface area contributed by atoms with Crippen molar-refractivity contribution in [1.29, 1.82) is 0 Å². The Kier molecular flexibility index (Phi) is 9.03. The lowest BCUT2D eigenvalue weighted by Crippen LogP contribution is -2.34. The summed E-state index contributed by atoms with van der Waals surface area (Å²) in [6.07, 6.45) is 3.23. The Labute approximate surface area is 196 Å². The number of benzene rings is 1. The third kappa shape index (κ3) is 5.62. The molecule has 1 aromatic carbocycles. The van der Waals surface area contributed by atoms with Crippen LogP contribution in [0.2, 0.25) is 0 Å². The molecule has 0 spiro atoms. The van der Waals surface area contributed by atoms with Crippen LogP contribution >= 0.6 is 0 Å². The van der Waals surface area contributed by atoms with E-state index in [0.29, 0.717) is 12.3 Å². The molecule has 2 heterocycles. The fourth-order valence-corrected chi connectivity index (χ4v) is 4.35. The molecule has 1 N–H and O–H groups in total. The fraction of sp³-hybridized carbons (Fsp3) is 0.560. The van der Waals surface area contributed by atoms with E-state index in [1.165, 1.54) is 6.20 Å². The van der Waals surface area contributed by atoms with Crippen molar-refractivity contribution in [2.24, 2.45) is 0 Å². The number of carbonyl (C=O) groups is 1. The molecule has 0 radical (unpaired) electrons. The van der Waals surface area contributed by atoms with Gasteiger partial charge in [-0.2, -0.15) is 0 Å². The van der Waals surface area contributed by atoms with E-state index in [0.717, 1.165) is 69.7 Å². The molecule has 0 aliphatic rings. The van der Waals surface area contributed by atoms with Gasteiger partial charge in [-0.25, -0.2) is 9.38 Å². The molecule has 8 heteroatoms. The lowest BCUT2D eigenvalue weighted by Gasteiger charge is -2.18. The summed E-state index contributed by atoms with van der Waals surface area (Å²) in [6, 6.07) is 7.80. The second-order valence-electron chi connectivity index (χ2n) is 8.27. The van der Waals surface area contributed by atoms with Crippen LogP contribution in [0.1, 0.15) is 50.9 Å². The highest BCUT2D eigenvalue weighted by Gasteiger charge is 2.18. The number of carbonyl (C=O) groups excluding carboxylic acids is 1. The minimum Gasteiger partial charge on any atom is -0.352 e. The van der Waals surface area contributed by atoms with Gasteiger partial charge in [0.1, 0.15) is 5.56 Å². The van der Waals surface area contributed by atoms with E-state index in [2.05, 4.69) is 52.4 Å². The summed E-state index contributed by atoms with van der Waals surface area (Å²) in [5.74, 6) is 0.221. The van der Waals surface area contributed by atoms with Crippen molar-refractivity contribution in [2.45, 2.75) is 47.1 Å². The van der Waals surface area contributed by atoms with Gasteiger partial charge in [-0.15, -0.1) is 0 Å². The average molecular weight is 455 g/mol. The summed E-state index contributed by atoms with van der Waals surface area (Å²) in [7, 11) is 0. The lowest BCUT2D eigenvalue weighted by atomic mass is 10.3. The maximum atomic E-state index is 13.3. The Morgan fingerprint density at radius 1 is 0.939 bits per heavy atom. The van der Waals surface area contributed by atoms with Crippen molar-refractivity contribution >= 4 is 22.7 Å². The molecule has 3 rings (SSSR count). The van der Waals surface area contributed by atoms with Crippen molar-refractivity contribution in [2.75, 3.05) is 45.8 Å². The predicted molar refractivity (Wildman–Crippen MR) is 134 cm³/mol. The number of para-hydroxylation sites is 2. The molecule has 0 atom stereocenters. The summed E-state index contributed by atoms with van der Waals surface area (Å²) in [6.45, 7) is 15.8. The van der Waals surface area contributed by atoms with E-state index in [9.17, 15) is 9.59 Å². The van der Waals surface area contributed by atoms with Crippen LogP contribution in [0.3, 0.4) is 0 Å². The predicted octanol–water partition coefficient (Wildman–Crippen LogP) is 2.84. The fourth-order valence-electron chi connectivity index (χ4n) is 4.35. The van der Waals surface area contributed by atoms with Gasteiger partial charge < -0.3 is 19.7 Å². The highest BCUT2D eigenvalue weighted by atomic mass is 16.2. The van der Waals surface area contributed by atoms with Crippen molar-refractivity contribution < 1.29 is 4.79 Å². The first-order chi connectivity index (χ1) is 16.0. The molecule has 0 fully saturated rings. The van der Waals surface area contributed by atoms with E-state index in [1.807, 2.05) is 24.3 Å². The quantitative estimate of drug-likeness (QED) is 0.402. The minimum absolute atomic E-state index is 0.0846. The number of aryl methyl sites for hydroxylation is 1. The number of hydrogen-bond acceptors (Lipinski definition) is 5. The molecule has 33 heavy (non-hydrogen) atoms. The molecule has 0 unspecified atom stereocenters. The van der Waals surface area contributed by atoms with Crippen LogP contribution in [-0.2, 0) is 6.54 Å². The smallest absolute Gasteiger partial charge is 0.272 e. The van der Waals surface area contributed by atoms with Gasteiger partial charge >= 0.3 is 0 Å². The highest BCUT2D eigenvalue weighted by molar-refractivity contribution is 5.94. The Balaban J connectivity index is 1.83. The first kappa shape index (κ1) is 24.9. The van der Waals surface area contributed by atoms with Crippen LogP contribution in [0.5, 0.6) is 0 Å². The standard InChI is InChI=1S/C25H38N6O2/c1-5-28(6-2)16-11-15-26-23(32)20-19-27-25-30(18-12-17-29(7-3)8-4)21-13-9-10-14-22(21)31(25)24(20)33/h9-10,13-14,19H,5-8,11-12,15-18H2,1-4H3,(H,26,32). The van der Waals surface area contributed by atoms with E-state index in [-0.39, 0.29) is 17.0 Å². The summed E-state index contributed by atoms with van der Waals surface area (Å²) in [5.41, 5.74) is 1.50. The number of aromatic nitrogens is 3. The third-order valence-electron chi connectivity index (χ3n) is 6.42. The molecule has 3 aromatic rings. The zero-order valence-corrected chi connectivity index (χ0v) is 20.5. The molecule has 8 nitrogen and oxygen atoms in total. The van der Waals surface area contributed by atoms with Crippen molar-refractivity contribution in [3.63, 3.8) is 0 Å². The number of amides is 1. The maximum Gasteiger partial charge on any atom is 0.272 e. The number of imidazole rings is 1. The first-order valence-corrected chi connectivity index (χ1v) is 12.3. The molecule has 0 aliphatic carbocycles.